The number of hydrogen-bond donors (Lipinski definition) is 1. The predicted molar refractivity (Wildman–Crippen MR) is 74.5 cm³/mol. The van der Waals surface area contributed by atoms with Crippen LogP contribution in [0.5, 0.6) is 5.75 Å². The number of benzene rings is 1. The lowest BCUT2D eigenvalue weighted by molar-refractivity contribution is 0.186. The van der Waals surface area contributed by atoms with Gasteiger partial charge in [0.15, 0.2) is 5.82 Å². The first-order chi connectivity index (χ1) is 9.76. The first kappa shape index (κ1) is 13.1. The molecule has 2 heterocycles. The molecule has 3 rings (SSSR count). The van der Waals surface area contributed by atoms with Crippen molar-refractivity contribution in [1.29, 1.82) is 0 Å². The summed E-state index contributed by atoms with van der Waals surface area (Å²) >= 11 is 0. The molecule has 1 aliphatic rings. The molecule has 6 nitrogen and oxygen atoms in total. The number of ether oxygens (including phenoxy) is 1. The van der Waals surface area contributed by atoms with Crippen molar-refractivity contribution in [2.75, 3.05) is 13.7 Å². The fourth-order valence-corrected chi connectivity index (χ4v) is 2.72. The van der Waals surface area contributed by atoms with Crippen LogP contribution in [0.4, 0.5) is 0 Å². The summed E-state index contributed by atoms with van der Waals surface area (Å²) in [6, 6.07) is 8.52. The monoisotopic (exact) mass is 273 g/mol. The van der Waals surface area contributed by atoms with Gasteiger partial charge in [0.2, 0.25) is 0 Å². The predicted octanol–water partition coefficient (Wildman–Crippen LogP) is 0.592. The minimum absolute atomic E-state index is 0.285. The first-order valence-corrected chi connectivity index (χ1v) is 6.87. The molecule has 2 aromatic rings. The zero-order chi connectivity index (χ0) is 13.9. The number of aryl methyl sites for hydroxylation is 1. The maximum atomic E-state index is 5.86. The van der Waals surface area contributed by atoms with E-state index in [-0.39, 0.29) is 6.04 Å². The number of nitrogens with one attached hydrogen (secondary N) is 1. The second kappa shape index (κ2) is 5.58. The van der Waals surface area contributed by atoms with E-state index < -0.39 is 0 Å². The van der Waals surface area contributed by atoms with E-state index in [4.69, 9.17) is 4.74 Å². The van der Waals surface area contributed by atoms with Gasteiger partial charge in [-0.05, 0) is 30.3 Å². The molecule has 0 aliphatic carbocycles. The molecule has 0 amide bonds. The number of likely N-dealkylation sites (N-methyl/N-ethyl adjacent to an activating group) is 1. The van der Waals surface area contributed by atoms with Crippen LogP contribution in [0.1, 0.15) is 11.4 Å². The molecule has 106 valence electrons. The Morgan fingerprint density at radius 1 is 1.45 bits per heavy atom. The summed E-state index contributed by atoms with van der Waals surface area (Å²) in [6.07, 6.45) is 1.78. The van der Waals surface area contributed by atoms with Crippen molar-refractivity contribution in [3.05, 3.63) is 35.7 Å². The number of para-hydroxylation sites is 1. The molecule has 0 radical (unpaired) electrons. The highest BCUT2D eigenvalue weighted by atomic mass is 16.5. The van der Waals surface area contributed by atoms with Gasteiger partial charge in [-0.2, -0.15) is 4.80 Å². The highest BCUT2D eigenvalue weighted by Crippen LogP contribution is 2.28. The number of rotatable bonds is 4. The lowest BCUT2D eigenvalue weighted by Crippen LogP contribution is -2.41. The quantitative estimate of drug-likeness (QED) is 0.883. The maximum absolute atomic E-state index is 5.86. The molecule has 2 unspecified atom stereocenters. The van der Waals surface area contributed by atoms with Gasteiger partial charge in [-0.15, -0.1) is 10.2 Å². The largest absolute Gasteiger partial charge is 0.493 e. The van der Waals surface area contributed by atoms with E-state index in [1.807, 2.05) is 19.2 Å². The zero-order valence-corrected chi connectivity index (χ0v) is 11.8. The number of aromatic nitrogens is 4. The summed E-state index contributed by atoms with van der Waals surface area (Å²) < 4.78 is 5.86. The Hall–Kier alpha value is -1.95. The van der Waals surface area contributed by atoms with Crippen molar-refractivity contribution in [3.8, 4) is 5.75 Å². The number of hydrogen-bond acceptors (Lipinski definition) is 5. The summed E-state index contributed by atoms with van der Waals surface area (Å²) in [4.78, 5) is 1.49. The van der Waals surface area contributed by atoms with E-state index in [0.717, 1.165) is 31.0 Å². The van der Waals surface area contributed by atoms with Crippen LogP contribution >= 0.6 is 0 Å². The zero-order valence-electron chi connectivity index (χ0n) is 11.8. The maximum Gasteiger partial charge on any atom is 0.176 e. The van der Waals surface area contributed by atoms with Crippen LogP contribution in [0.3, 0.4) is 0 Å². The molecule has 1 aliphatic heterocycles. The van der Waals surface area contributed by atoms with Crippen LogP contribution in [-0.4, -0.2) is 39.9 Å². The molecule has 0 saturated carbocycles. The van der Waals surface area contributed by atoms with Crippen LogP contribution in [-0.2, 0) is 19.9 Å². The molecule has 20 heavy (non-hydrogen) atoms. The van der Waals surface area contributed by atoms with Crippen LogP contribution < -0.4 is 10.1 Å². The Balaban J connectivity index is 1.71. The molecule has 0 bridgehead atoms. The Kier molecular flexibility index (Phi) is 3.64. The summed E-state index contributed by atoms with van der Waals surface area (Å²) in [7, 11) is 3.76. The summed E-state index contributed by atoms with van der Waals surface area (Å²) in [5.74, 6) is 2.20. The fourth-order valence-electron chi connectivity index (χ4n) is 2.72. The molecule has 2 atom stereocenters. The van der Waals surface area contributed by atoms with Gasteiger partial charge in [0.1, 0.15) is 5.75 Å². The minimum atomic E-state index is 0.285. The van der Waals surface area contributed by atoms with Crippen molar-refractivity contribution in [1.82, 2.24) is 25.5 Å². The van der Waals surface area contributed by atoms with E-state index in [9.17, 15) is 0 Å². The summed E-state index contributed by atoms with van der Waals surface area (Å²) in [6.45, 7) is 0.725. The van der Waals surface area contributed by atoms with Crippen LogP contribution in [0.25, 0.3) is 0 Å². The van der Waals surface area contributed by atoms with Gasteiger partial charge >= 0.3 is 0 Å². The van der Waals surface area contributed by atoms with E-state index in [1.165, 1.54) is 10.4 Å². The molecular weight excluding hydrogens is 254 g/mol. The van der Waals surface area contributed by atoms with Gasteiger partial charge in [-0.3, -0.25) is 0 Å². The molecule has 0 spiro atoms. The van der Waals surface area contributed by atoms with Gasteiger partial charge in [-0.25, -0.2) is 0 Å². The standard InChI is InChI=1S/C14H19N5O/c1-15-12(8-14-16-18-19(2)17-14)11-7-10-5-3-4-6-13(10)20-9-11/h3-6,11-12,15H,7-9H2,1-2H3. The minimum Gasteiger partial charge on any atom is -0.493 e. The van der Waals surface area contributed by atoms with Crippen molar-refractivity contribution in [3.63, 3.8) is 0 Å². The molecule has 0 saturated heterocycles. The topological polar surface area (TPSA) is 64.9 Å². The molecule has 1 aromatic carbocycles. The lowest BCUT2D eigenvalue weighted by Gasteiger charge is -2.31. The third-order valence-corrected chi connectivity index (χ3v) is 3.80. The third-order valence-electron chi connectivity index (χ3n) is 3.80. The van der Waals surface area contributed by atoms with Gasteiger partial charge in [0, 0.05) is 18.4 Å². The second-order valence-electron chi connectivity index (χ2n) is 5.18. The Bertz CT molecular complexity index is 582. The van der Waals surface area contributed by atoms with Crippen molar-refractivity contribution in [2.45, 2.75) is 18.9 Å². The van der Waals surface area contributed by atoms with E-state index in [0.29, 0.717) is 5.92 Å². The highest BCUT2D eigenvalue weighted by molar-refractivity contribution is 5.35. The number of nitrogens with zero attached hydrogens (tertiary/aromatic N) is 4. The molecular formula is C14H19N5O. The first-order valence-electron chi connectivity index (χ1n) is 6.87. The Morgan fingerprint density at radius 2 is 2.30 bits per heavy atom. The average molecular weight is 273 g/mol. The van der Waals surface area contributed by atoms with Crippen LogP contribution in [0.15, 0.2) is 24.3 Å². The van der Waals surface area contributed by atoms with Crippen molar-refractivity contribution >= 4 is 0 Å². The van der Waals surface area contributed by atoms with Crippen molar-refractivity contribution < 1.29 is 4.74 Å². The Morgan fingerprint density at radius 3 is 3.05 bits per heavy atom. The smallest absolute Gasteiger partial charge is 0.176 e. The normalized spacial score (nSPS) is 19.2. The molecule has 6 heteroatoms. The van der Waals surface area contributed by atoms with Gasteiger partial charge in [0.05, 0.1) is 13.7 Å². The van der Waals surface area contributed by atoms with E-state index in [2.05, 4.69) is 32.9 Å². The van der Waals surface area contributed by atoms with Crippen LogP contribution in [0, 0.1) is 5.92 Å². The van der Waals surface area contributed by atoms with Crippen molar-refractivity contribution in [2.24, 2.45) is 13.0 Å². The van der Waals surface area contributed by atoms with Gasteiger partial charge in [0.25, 0.3) is 0 Å². The molecule has 1 N–H and O–H groups in total. The van der Waals surface area contributed by atoms with Gasteiger partial charge in [-0.1, -0.05) is 18.2 Å². The fraction of sp³-hybridized carbons (Fsp3) is 0.500. The van der Waals surface area contributed by atoms with E-state index >= 15 is 0 Å². The number of fused-ring (bicyclic) bond motifs is 1. The second-order valence-corrected chi connectivity index (χ2v) is 5.18. The highest BCUT2D eigenvalue weighted by Gasteiger charge is 2.27. The van der Waals surface area contributed by atoms with E-state index in [1.54, 1.807) is 7.05 Å². The lowest BCUT2D eigenvalue weighted by atomic mass is 9.88. The molecule has 1 aromatic heterocycles. The number of tetrazole rings is 1. The van der Waals surface area contributed by atoms with Gasteiger partial charge < -0.3 is 10.1 Å². The molecule has 0 fully saturated rings. The SMILES string of the molecule is CNC(Cc1nnn(C)n1)C1COc2ccccc2C1. The third kappa shape index (κ3) is 2.65. The summed E-state index contributed by atoms with van der Waals surface area (Å²) in [5.41, 5.74) is 1.27. The Labute approximate surface area is 118 Å². The van der Waals surface area contributed by atoms with Crippen LogP contribution in [0.2, 0.25) is 0 Å². The average Bonchev–Trinajstić information content (AvgIpc) is 2.89. The summed E-state index contributed by atoms with van der Waals surface area (Å²) in [5, 5.41) is 15.6.